The van der Waals surface area contributed by atoms with Crippen molar-refractivity contribution in [1.29, 1.82) is 0 Å². The normalized spacial score (nSPS) is 17.0. The van der Waals surface area contributed by atoms with Gasteiger partial charge in [-0.3, -0.25) is 14.5 Å². The van der Waals surface area contributed by atoms with Gasteiger partial charge >= 0.3 is 11.8 Å². The van der Waals surface area contributed by atoms with E-state index in [2.05, 4.69) is 52.6 Å². The van der Waals surface area contributed by atoms with Crippen molar-refractivity contribution in [2.75, 3.05) is 56.7 Å². The van der Waals surface area contributed by atoms with Gasteiger partial charge in [-0.25, -0.2) is 0 Å². The number of hydrogen-bond donors (Lipinski definition) is 2. The number of rotatable bonds is 6. The van der Waals surface area contributed by atoms with Crippen LogP contribution < -0.4 is 15.5 Å². The second-order valence-electron chi connectivity index (χ2n) is 8.44. The molecular weight excluding hydrogens is 404 g/mol. The Hall–Kier alpha value is -2.90. The molecule has 1 fully saturated rings. The summed E-state index contributed by atoms with van der Waals surface area (Å²) in [4.78, 5) is 29.6. The zero-order valence-electron chi connectivity index (χ0n) is 18.9. The molecule has 2 heterocycles. The van der Waals surface area contributed by atoms with Crippen molar-refractivity contribution >= 4 is 23.2 Å². The molecule has 2 aliphatic rings. The fourth-order valence-electron chi connectivity index (χ4n) is 4.42. The molecule has 0 bridgehead atoms. The number of aryl methyl sites for hydroxylation is 1. The van der Waals surface area contributed by atoms with Gasteiger partial charge in [0.1, 0.15) is 0 Å². The van der Waals surface area contributed by atoms with E-state index in [1.165, 1.54) is 16.8 Å². The maximum absolute atomic E-state index is 12.5. The lowest BCUT2D eigenvalue weighted by molar-refractivity contribution is -0.136. The van der Waals surface area contributed by atoms with Crippen molar-refractivity contribution < 1.29 is 14.3 Å². The van der Waals surface area contributed by atoms with Gasteiger partial charge in [0, 0.05) is 44.6 Å². The lowest BCUT2D eigenvalue weighted by Gasteiger charge is -2.35. The minimum atomic E-state index is -0.648. The monoisotopic (exact) mass is 436 g/mol. The number of nitrogens with zero attached hydrogens (tertiary/aromatic N) is 2. The van der Waals surface area contributed by atoms with Crippen LogP contribution in [0.2, 0.25) is 0 Å². The highest BCUT2D eigenvalue weighted by Crippen LogP contribution is 2.31. The standard InChI is InChI=1S/C25H32N4O3/c1-3-18-4-7-21(8-5-18)27-25(31)24(30)26-17-23(29-12-14-32-15-13-29)19-6-9-22-20(16-19)10-11-28(22)2/h4-9,16,23H,3,10-15,17H2,1-2H3,(H,26,30)(H,27,31)/t23-/m1/s1. The Morgan fingerprint density at radius 3 is 2.50 bits per heavy atom. The first-order chi connectivity index (χ1) is 15.5. The Morgan fingerprint density at radius 1 is 1.03 bits per heavy atom. The SMILES string of the molecule is CCc1ccc(NC(=O)C(=O)NC[C@H](c2ccc3c(c2)CCN3C)N2CCOCC2)cc1. The van der Waals surface area contributed by atoms with Crippen molar-refractivity contribution in [3.8, 4) is 0 Å². The van der Waals surface area contributed by atoms with Gasteiger partial charge in [-0.2, -0.15) is 0 Å². The number of morpholine rings is 1. The van der Waals surface area contributed by atoms with Gasteiger partial charge in [0.25, 0.3) is 0 Å². The molecule has 0 unspecified atom stereocenters. The molecule has 7 heteroatoms. The predicted octanol–water partition coefficient (Wildman–Crippen LogP) is 2.37. The molecule has 0 spiro atoms. The van der Waals surface area contributed by atoms with Gasteiger partial charge < -0.3 is 20.3 Å². The molecule has 2 aliphatic heterocycles. The largest absolute Gasteiger partial charge is 0.379 e. The van der Waals surface area contributed by atoms with Crippen LogP contribution in [0.4, 0.5) is 11.4 Å². The molecule has 2 aromatic rings. The van der Waals surface area contributed by atoms with E-state index in [4.69, 9.17) is 4.74 Å². The summed E-state index contributed by atoms with van der Waals surface area (Å²) in [5, 5.41) is 5.54. The second kappa shape index (κ2) is 10.1. The lowest BCUT2D eigenvalue weighted by atomic mass is 10.0. The number of carbonyl (C=O) groups excluding carboxylic acids is 2. The summed E-state index contributed by atoms with van der Waals surface area (Å²) in [6.45, 7) is 6.41. The molecule has 2 aromatic carbocycles. The molecule has 1 atom stereocenters. The van der Waals surface area contributed by atoms with Crippen LogP contribution in [-0.2, 0) is 27.2 Å². The Bertz CT molecular complexity index is 954. The van der Waals surface area contributed by atoms with Gasteiger partial charge in [-0.1, -0.05) is 31.2 Å². The average Bonchev–Trinajstić information content (AvgIpc) is 3.20. The molecule has 0 radical (unpaired) electrons. The van der Waals surface area contributed by atoms with E-state index in [9.17, 15) is 9.59 Å². The smallest absolute Gasteiger partial charge is 0.313 e. The molecule has 0 aliphatic carbocycles. The third kappa shape index (κ3) is 5.11. The first kappa shape index (κ1) is 22.3. The van der Waals surface area contributed by atoms with E-state index in [1.807, 2.05) is 24.3 Å². The van der Waals surface area contributed by atoms with Crippen molar-refractivity contribution in [3.05, 3.63) is 59.2 Å². The number of benzene rings is 2. The topological polar surface area (TPSA) is 73.9 Å². The lowest BCUT2D eigenvalue weighted by Crippen LogP contribution is -2.45. The molecule has 4 rings (SSSR count). The Balaban J connectivity index is 1.42. The first-order valence-electron chi connectivity index (χ1n) is 11.4. The van der Waals surface area contributed by atoms with Crippen LogP contribution in [0.1, 0.15) is 29.7 Å². The van der Waals surface area contributed by atoms with E-state index in [1.54, 1.807) is 0 Å². The van der Waals surface area contributed by atoms with Crippen molar-refractivity contribution in [2.24, 2.45) is 0 Å². The Labute approximate surface area is 189 Å². The van der Waals surface area contributed by atoms with Crippen LogP contribution >= 0.6 is 0 Å². The van der Waals surface area contributed by atoms with Crippen LogP contribution in [0.15, 0.2) is 42.5 Å². The maximum Gasteiger partial charge on any atom is 0.313 e. The second-order valence-corrected chi connectivity index (χ2v) is 8.44. The Morgan fingerprint density at radius 2 is 1.78 bits per heavy atom. The van der Waals surface area contributed by atoms with Gasteiger partial charge in [0.15, 0.2) is 0 Å². The van der Waals surface area contributed by atoms with Crippen molar-refractivity contribution in [3.63, 3.8) is 0 Å². The molecule has 0 saturated carbocycles. The number of nitrogens with one attached hydrogen (secondary N) is 2. The van der Waals surface area contributed by atoms with E-state index in [0.717, 1.165) is 38.0 Å². The molecular formula is C25H32N4O3. The summed E-state index contributed by atoms with van der Waals surface area (Å²) in [5.74, 6) is -1.27. The zero-order valence-corrected chi connectivity index (χ0v) is 18.9. The fraction of sp³-hybridized carbons (Fsp3) is 0.440. The maximum atomic E-state index is 12.5. The predicted molar refractivity (Wildman–Crippen MR) is 126 cm³/mol. The third-order valence-electron chi connectivity index (χ3n) is 6.38. The Kier molecular flexibility index (Phi) is 7.07. The average molecular weight is 437 g/mol. The van der Waals surface area contributed by atoms with Crippen LogP contribution in [0.25, 0.3) is 0 Å². The van der Waals surface area contributed by atoms with Crippen LogP contribution in [0.5, 0.6) is 0 Å². The molecule has 2 amide bonds. The summed E-state index contributed by atoms with van der Waals surface area (Å²) in [6.07, 6.45) is 1.96. The number of hydrogen-bond acceptors (Lipinski definition) is 5. The summed E-state index contributed by atoms with van der Waals surface area (Å²) in [6, 6.07) is 14.1. The number of fused-ring (bicyclic) bond motifs is 1. The molecule has 7 nitrogen and oxygen atoms in total. The highest BCUT2D eigenvalue weighted by atomic mass is 16.5. The van der Waals surface area contributed by atoms with E-state index in [-0.39, 0.29) is 6.04 Å². The minimum absolute atomic E-state index is 0.00399. The quantitative estimate of drug-likeness (QED) is 0.680. The first-order valence-corrected chi connectivity index (χ1v) is 11.4. The minimum Gasteiger partial charge on any atom is -0.379 e. The van der Waals surface area contributed by atoms with Crippen LogP contribution in [-0.4, -0.2) is 63.2 Å². The van der Waals surface area contributed by atoms with Crippen LogP contribution in [0.3, 0.4) is 0 Å². The molecule has 170 valence electrons. The van der Waals surface area contributed by atoms with E-state index < -0.39 is 11.8 Å². The highest BCUT2D eigenvalue weighted by molar-refractivity contribution is 6.39. The van der Waals surface area contributed by atoms with Gasteiger partial charge in [-0.05, 0) is 47.7 Å². The summed E-state index contributed by atoms with van der Waals surface area (Å²) in [7, 11) is 2.11. The number of anilines is 2. The number of ether oxygens (including phenoxy) is 1. The fourth-order valence-corrected chi connectivity index (χ4v) is 4.42. The number of amides is 2. The van der Waals surface area contributed by atoms with E-state index in [0.29, 0.717) is 25.4 Å². The molecule has 2 N–H and O–H groups in total. The molecule has 32 heavy (non-hydrogen) atoms. The number of carbonyl (C=O) groups is 2. The van der Waals surface area contributed by atoms with Gasteiger partial charge in [0.2, 0.25) is 0 Å². The summed E-state index contributed by atoms with van der Waals surface area (Å²) < 4.78 is 5.52. The third-order valence-corrected chi connectivity index (χ3v) is 6.38. The highest BCUT2D eigenvalue weighted by Gasteiger charge is 2.26. The van der Waals surface area contributed by atoms with Gasteiger partial charge in [-0.15, -0.1) is 0 Å². The van der Waals surface area contributed by atoms with Gasteiger partial charge in [0.05, 0.1) is 19.3 Å². The summed E-state index contributed by atoms with van der Waals surface area (Å²) >= 11 is 0. The molecule has 0 aromatic heterocycles. The van der Waals surface area contributed by atoms with Crippen molar-refractivity contribution in [1.82, 2.24) is 10.2 Å². The van der Waals surface area contributed by atoms with Crippen molar-refractivity contribution in [2.45, 2.75) is 25.8 Å². The molecule has 1 saturated heterocycles. The van der Waals surface area contributed by atoms with E-state index >= 15 is 0 Å². The number of likely N-dealkylation sites (N-methyl/N-ethyl adjacent to an activating group) is 1. The van der Waals surface area contributed by atoms with Crippen LogP contribution in [0, 0.1) is 0 Å². The zero-order chi connectivity index (χ0) is 22.5. The summed E-state index contributed by atoms with van der Waals surface area (Å²) in [5.41, 5.74) is 5.57.